The first-order chi connectivity index (χ1) is 12.8. The lowest BCUT2D eigenvalue weighted by atomic mass is 10.0. The molecule has 1 N–H and O–H groups in total. The first-order valence-electron chi connectivity index (χ1n) is 9.49. The summed E-state index contributed by atoms with van der Waals surface area (Å²) in [4.78, 5) is 14.6. The third-order valence-corrected chi connectivity index (χ3v) is 5.61. The lowest BCUT2D eigenvalue weighted by Gasteiger charge is -2.28. The van der Waals surface area contributed by atoms with Crippen LogP contribution in [0.1, 0.15) is 24.1 Å². The van der Waals surface area contributed by atoms with Gasteiger partial charge in [-0.3, -0.25) is 0 Å². The summed E-state index contributed by atoms with van der Waals surface area (Å²) in [5.74, 6) is 0.842. The summed E-state index contributed by atoms with van der Waals surface area (Å²) in [7, 11) is 0. The summed E-state index contributed by atoms with van der Waals surface area (Å²) in [5.41, 5.74) is 4.94. The van der Waals surface area contributed by atoms with E-state index in [1.165, 1.54) is 35.0 Å². The molecule has 0 bridgehead atoms. The minimum atomic E-state index is -0.0131. The normalized spacial score (nSPS) is 16.5. The molecule has 3 aromatic rings. The molecule has 2 aromatic carbocycles. The molecular weight excluding hydrogens is 322 g/mol. The van der Waals surface area contributed by atoms with E-state index in [0.29, 0.717) is 6.54 Å². The van der Waals surface area contributed by atoms with E-state index in [4.69, 9.17) is 0 Å². The van der Waals surface area contributed by atoms with E-state index in [-0.39, 0.29) is 6.03 Å². The molecule has 4 nitrogen and oxygen atoms in total. The number of nitrogens with one attached hydrogen (secondary N) is 1. The molecule has 1 aliphatic carbocycles. The van der Waals surface area contributed by atoms with Crippen LogP contribution in [0.25, 0.3) is 10.9 Å². The first kappa shape index (κ1) is 15.5. The molecule has 0 unspecified atom stereocenters. The monoisotopic (exact) mass is 345 g/mol. The van der Waals surface area contributed by atoms with E-state index >= 15 is 0 Å². The molecule has 2 aliphatic rings. The Hall–Kier alpha value is -2.75. The van der Waals surface area contributed by atoms with Crippen LogP contribution in [0, 0.1) is 5.92 Å². The lowest BCUT2D eigenvalue weighted by molar-refractivity contribution is 0.206. The number of rotatable bonds is 3. The van der Waals surface area contributed by atoms with Crippen LogP contribution in [-0.4, -0.2) is 22.0 Å². The van der Waals surface area contributed by atoms with Gasteiger partial charge < -0.3 is 14.8 Å². The lowest BCUT2D eigenvalue weighted by Crippen LogP contribution is -2.39. The van der Waals surface area contributed by atoms with Crippen molar-refractivity contribution < 1.29 is 4.79 Å². The van der Waals surface area contributed by atoms with Gasteiger partial charge in [-0.15, -0.1) is 0 Å². The van der Waals surface area contributed by atoms with Gasteiger partial charge in [0.1, 0.15) is 0 Å². The second-order valence-electron chi connectivity index (χ2n) is 7.46. The van der Waals surface area contributed by atoms with Gasteiger partial charge in [0.2, 0.25) is 0 Å². The highest BCUT2D eigenvalue weighted by Gasteiger charge is 2.29. The topological polar surface area (TPSA) is 37.3 Å². The predicted octanol–water partition coefficient (Wildman–Crippen LogP) is 4.64. The number of carbonyl (C=O) groups excluding carboxylic acids is 1. The third kappa shape index (κ3) is 2.75. The van der Waals surface area contributed by atoms with Gasteiger partial charge in [0.15, 0.2) is 0 Å². The van der Waals surface area contributed by atoms with Crippen molar-refractivity contribution in [2.24, 2.45) is 5.92 Å². The van der Waals surface area contributed by atoms with Crippen LogP contribution in [0.15, 0.2) is 54.6 Å². The van der Waals surface area contributed by atoms with Crippen LogP contribution in [-0.2, 0) is 19.5 Å². The zero-order valence-corrected chi connectivity index (χ0v) is 14.8. The highest BCUT2D eigenvalue weighted by Crippen LogP contribution is 2.36. The van der Waals surface area contributed by atoms with Crippen molar-refractivity contribution in [3.05, 3.63) is 65.9 Å². The Morgan fingerprint density at radius 1 is 1.04 bits per heavy atom. The van der Waals surface area contributed by atoms with Crippen LogP contribution in [0.2, 0.25) is 0 Å². The Morgan fingerprint density at radius 2 is 1.81 bits per heavy atom. The highest BCUT2D eigenvalue weighted by molar-refractivity contribution is 5.91. The average Bonchev–Trinajstić information content (AvgIpc) is 3.45. The number of aromatic nitrogens is 1. The second-order valence-corrected chi connectivity index (χ2v) is 7.46. The number of amides is 2. The number of anilines is 1. The smallest absolute Gasteiger partial charge is 0.322 e. The van der Waals surface area contributed by atoms with Crippen molar-refractivity contribution >= 4 is 22.6 Å². The molecule has 0 spiro atoms. The van der Waals surface area contributed by atoms with Crippen molar-refractivity contribution in [2.45, 2.75) is 32.4 Å². The molecule has 4 heteroatoms. The molecule has 26 heavy (non-hydrogen) atoms. The number of hydrogen-bond donors (Lipinski definition) is 1. The maximum absolute atomic E-state index is 12.7. The highest BCUT2D eigenvalue weighted by atomic mass is 16.2. The maximum atomic E-state index is 12.7. The largest absolute Gasteiger partial charge is 0.344 e. The Kier molecular flexibility index (Phi) is 3.70. The van der Waals surface area contributed by atoms with E-state index in [2.05, 4.69) is 34.1 Å². The van der Waals surface area contributed by atoms with Gasteiger partial charge in [-0.25, -0.2) is 4.79 Å². The molecule has 2 amide bonds. The van der Waals surface area contributed by atoms with Crippen molar-refractivity contribution in [2.75, 3.05) is 11.9 Å². The summed E-state index contributed by atoms with van der Waals surface area (Å²) < 4.78 is 2.52. The van der Waals surface area contributed by atoms with Crippen LogP contribution in [0.5, 0.6) is 0 Å². The van der Waals surface area contributed by atoms with Gasteiger partial charge in [-0.2, -0.15) is 0 Å². The fraction of sp³-hybridized carbons (Fsp3) is 0.318. The summed E-state index contributed by atoms with van der Waals surface area (Å²) in [6, 6.07) is 18.3. The SMILES string of the molecule is O=C(Nc1ccccc1)N1CCc2c(c3ccccc3n2CC2CC2)C1. The molecule has 2 heterocycles. The van der Waals surface area contributed by atoms with E-state index in [0.717, 1.165) is 31.1 Å². The molecule has 1 aromatic heterocycles. The van der Waals surface area contributed by atoms with Gasteiger partial charge in [-0.1, -0.05) is 36.4 Å². The zero-order chi connectivity index (χ0) is 17.5. The molecule has 1 saturated carbocycles. The van der Waals surface area contributed by atoms with E-state index in [1.807, 2.05) is 35.2 Å². The Morgan fingerprint density at radius 3 is 2.62 bits per heavy atom. The van der Waals surface area contributed by atoms with Crippen molar-refractivity contribution in [3.63, 3.8) is 0 Å². The fourth-order valence-corrected chi connectivity index (χ4v) is 4.07. The van der Waals surface area contributed by atoms with Gasteiger partial charge in [0.25, 0.3) is 0 Å². The average molecular weight is 345 g/mol. The summed E-state index contributed by atoms with van der Waals surface area (Å²) in [6.45, 7) is 2.59. The number of para-hydroxylation sites is 2. The molecular formula is C22H23N3O. The molecule has 0 saturated heterocycles. The van der Waals surface area contributed by atoms with Crippen molar-refractivity contribution in [1.82, 2.24) is 9.47 Å². The van der Waals surface area contributed by atoms with E-state index in [9.17, 15) is 4.79 Å². The minimum Gasteiger partial charge on any atom is -0.344 e. The third-order valence-electron chi connectivity index (χ3n) is 5.61. The quantitative estimate of drug-likeness (QED) is 0.737. The number of carbonyl (C=O) groups is 1. The standard InChI is InChI=1S/C22H23N3O/c26-22(23-17-6-2-1-3-7-17)24-13-12-21-19(15-24)18-8-4-5-9-20(18)25(21)14-16-10-11-16/h1-9,16H,10-15H2,(H,23,26). The predicted molar refractivity (Wildman–Crippen MR) is 104 cm³/mol. The zero-order valence-electron chi connectivity index (χ0n) is 14.8. The van der Waals surface area contributed by atoms with Crippen molar-refractivity contribution in [3.8, 4) is 0 Å². The summed E-state index contributed by atoms with van der Waals surface area (Å²) in [6.07, 6.45) is 3.64. The van der Waals surface area contributed by atoms with Crippen LogP contribution in [0.4, 0.5) is 10.5 Å². The van der Waals surface area contributed by atoms with Gasteiger partial charge in [-0.05, 0) is 37.0 Å². The number of urea groups is 1. The Labute approximate surface area is 153 Å². The molecule has 1 fully saturated rings. The van der Waals surface area contributed by atoms with E-state index < -0.39 is 0 Å². The fourth-order valence-electron chi connectivity index (χ4n) is 4.07. The Balaban J connectivity index is 1.44. The Bertz CT molecular complexity index is 956. The molecule has 0 radical (unpaired) electrons. The maximum Gasteiger partial charge on any atom is 0.322 e. The first-order valence-corrected chi connectivity index (χ1v) is 9.49. The van der Waals surface area contributed by atoms with Crippen LogP contribution < -0.4 is 5.32 Å². The number of benzene rings is 2. The van der Waals surface area contributed by atoms with Crippen molar-refractivity contribution in [1.29, 1.82) is 0 Å². The summed E-state index contributed by atoms with van der Waals surface area (Å²) in [5, 5.41) is 4.33. The van der Waals surface area contributed by atoms with Gasteiger partial charge in [0.05, 0.1) is 0 Å². The van der Waals surface area contributed by atoms with Gasteiger partial charge >= 0.3 is 6.03 Å². The van der Waals surface area contributed by atoms with E-state index in [1.54, 1.807) is 0 Å². The van der Waals surface area contributed by atoms with Crippen LogP contribution >= 0.6 is 0 Å². The minimum absolute atomic E-state index is 0.0131. The molecule has 1 aliphatic heterocycles. The number of fused-ring (bicyclic) bond motifs is 3. The second kappa shape index (κ2) is 6.20. The van der Waals surface area contributed by atoms with Crippen LogP contribution in [0.3, 0.4) is 0 Å². The summed E-state index contributed by atoms with van der Waals surface area (Å²) >= 11 is 0. The van der Waals surface area contributed by atoms with Gasteiger partial charge in [0, 0.05) is 53.9 Å². The molecule has 132 valence electrons. The molecule has 0 atom stereocenters. The number of nitrogens with zero attached hydrogens (tertiary/aromatic N) is 2. The number of hydrogen-bond acceptors (Lipinski definition) is 1. The molecule has 5 rings (SSSR count).